The maximum absolute atomic E-state index is 6.48. The normalized spacial score (nSPS) is 11.6. The summed E-state index contributed by atoms with van der Waals surface area (Å²) in [4.78, 5) is 20.2. The molecule has 0 aliphatic carbocycles. The van der Waals surface area contributed by atoms with Crippen LogP contribution in [0.1, 0.15) is 0 Å². The van der Waals surface area contributed by atoms with Crippen LogP contribution in [0.4, 0.5) is 0 Å². The van der Waals surface area contributed by atoms with E-state index in [-0.39, 0.29) is 0 Å². The van der Waals surface area contributed by atoms with Crippen molar-refractivity contribution >= 4 is 53.4 Å². The Balaban J connectivity index is 1.04. The molecule has 0 spiro atoms. The van der Waals surface area contributed by atoms with E-state index in [9.17, 15) is 0 Å². The van der Waals surface area contributed by atoms with Crippen molar-refractivity contribution in [1.82, 2.24) is 19.9 Å². The van der Waals surface area contributed by atoms with Gasteiger partial charge < -0.3 is 4.42 Å². The summed E-state index contributed by atoms with van der Waals surface area (Å²) in [5, 5.41) is 4.57. The summed E-state index contributed by atoms with van der Waals surface area (Å²) in [5.74, 6) is 2.48. The molecule has 11 rings (SSSR count). The van der Waals surface area contributed by atoms with Crippen molar-refractivity contribution in [3.05, 3.63) is 182 Å². The number of hydrogen-bond donors (Lipinski definition) is 0. The number of benzene rings is 8. The van der Waals surface area contributed by atoms with Crippen LogP contribution in [0.3, 0.4) is 0 Å². The third kappa shape index (κ3) is 5.63. The van der Waals surface area contributed by atoms with Gasteiger partial charge in [-0.15, -0.1) is 11.3 Å². The van der Waals surface area contributed by atoms with Crippen LogP contribution in [0, 0.1) is 0 Å². The zero-order valence-electron chi connectivity index (χ0n) is 29.9. The molecule has 0 saturated carbocycles. The molecule has 0 N–H and O–H groups in total. The minimum atomic E-state index is 0.611. The molecule has 0 amide bonds. The SMILES string of the molecule is c1ccc(-c2cccc(-c3nc(-c4ccc(-c5cccc6ccc7nc(-c8ccccc8)oc7c56)cc4)nc(-c4ccc5sc6ccccc6c5c4)n3)c2)cc1. The molecule has 0 fully saturated rings. The van der Waals surface area contributed by atoms with Gasteiger partial charge in [-0.25, -0.2) is 19.9 Å². The fourth-order valence-electron chi connectivity index (χ4n) is 7.60. The Kier molecular flexibility index (Phi) is 7.60. The van der Waals surface area contributed by atoms with E-state index in [4.69, 9.17) is 24.4 Å². The first-order chi connectivity index (χ1) is 27.7. The van der Waals surface area contributed by atoms with Gasteiger partial charge in [0.05, 0.1) is 0 Å². The van der Waals surface area contributed by atoms with Crippen LogP contribution in [-0.2, 0) is 0 Å². The minimum absolute atomic E-state index is 0.611. The Hall–Kier alpha value is -7.28. The topological polar surface area (TPSA) is 64.7 Å². The van der Waals surface area contributed by atoms with Gasteiger partial charge in [0.25, 0.3) is 0 Å². The number of hydrogen-bond acceptors (Lipinski definition) is 6. The summed E-state index contributed by atoms with van der Waals surface area (Å²) < 4.78 is 8.98. The monoisotopic (exact) mass is 734 g/mol. The van der Waals surface area contributed by atoms with E-state index in [2.05, 4.69) is 140 Å². The van der Waals surface area contributed by atoms with E-state index >= 15 is 0 Å². The van der Waals surface area contributed by atoms with Crippen LogP contribution in [0.5, 0.6) is 0 Å². The third-order valence-electron chi connectivity index (χ3n) is 10.4. The molecule has 0 bridgehead atoms. The Morgan fingerprint density at radius 1 is 0.375 bits per heavy atom. The molecule has 0 aliphatic heterocycles. The number of fused-ring (bicyclic) bond motifs is 6. The van der Waals surface area contributed by atoms with Crippen LogP contribution in [0.15, 0.2) is 186 Å². The molecule has 0 radical (unpaired) electrons. The lowest BCUT2D eigenvalue weighted by atomic mass is 9.96. The summed E-state index contributed by atoms with van der Waals surface area (Å²) in [6.45, 7) is 0. The molecule has 0 atom stereocenters. The van der Waals surface area contributed by atoms with Crippen LogP contribution in [-0.4, -0.2) is 19.9 Å². The summed E-state index contributed by atoms with van der Waals surface area (Å²) in [6, 6.07) is 62.9. The van der Waals surface area contributed by atoms with Gasteiger partial charge in [0.2, 0.25) is 5.89 Å². The number of rotatable bonds is 6. The maximum atomic E-state index is 6.48. The highest BCUT2D eigenvalue weighted by molar-refractivity contribution is 7.25. The lowest BCUT2D eigenvalue weighted by Crippen LogP contribution is -2.00. The van der Waals surface area contributed by atoms with Crippen molar-refractivity contribution in [3.63, 3.8) is 0 Å². The Bertz CT molecular complexity index is 3240. The minimum Gasteiger partial charge on any atom is -0.435 e. The van der Waals surface area contributed by atoms with E-state index in [1.54, 1.807) is 11.3 Å². The van der Waals surface area contributed by atoms with Gasteiger partial charge in [-0.2, -0.15) is 0 Å². The Morgan fingerprint density at radius 3 is 1.79 bits per heavy atom. The summed E-state index contributed by atoms with van der Waals surface area (Å²) in [7, 11) is 0. The summed E-state index contributed by atoms with van der Waals surface area (Å²) in [5.41, 5.74) is 9.71. The number of oxazole rings is 1. The van der Waals surface area contributed by atoms with Gasteiger partial charge >= 0.3 is 0 Å². The van der Waals surface area contributed by atoms with Gasteiger partial charge in [-0.1, -0.05) is 133 Å². The first-order valence-corrected chi connectivity index (χ1v) is 19.4. The first-order valence-electron chi connectivity index (χ1n) is 18.5. The highest BCUT2D eigenvalue weighted by Gasteiger charge is 2.17. The molecular weight excluding hydrogens is 705 g/mol. The van der Waals surface area contributed by atoms with Gasteiger partial charge in [-0.3, -0.25) is 0 Å². The first kappa shape index (κ1) is 32.2. The predicted molar refractivity (Wildman–Crippen MR) is 230 cm³/mol. The molecule has 5 nitrogen and oxygen atoms in total. The lowest BCUT2D eigenvalue weighted by molar-refractivity contribution is 0.623. The number of aromatic nitrogens is 4. The quantitative estimate of drug-likeness (QED) is 0.170. The zero-order chi connectivity index (χ0) is 37.0. The summed E-state index contributed by atoms with van der Waals surface area (Å²) >= 11 is 1.80. The van der Waals surface area contributed by atoms with Gasteiger partial charge in [-0.05, 0) is 76.2 Å². The second-order valence-corrected chi connectivity index (χ2v) is 14.9. The second kappa shape index (κ2) is 13.2. The third-order valence-corrected chi connectivity index (χ3v) is 11.5. The van der Waals surface area contributed by atoms with Gasteiger partial charge in [0.1, 0.15) is 5.52 Å². The van der Waals surface area contributed by atoms with Crippen LogP contribution in [0.2, 0.25) is 0 Å². The lowest BCUT2D eigenvalue weighted by Gasteiger charge is -2.11. The van der Waals surface area contributed by atoms with E-state index in [1.807, 2.05) is 42.5 Å². The molecule has 0 saturated heterocycles. The fourth-order valence-corrected chi connectivity index (χ4v) is 8.68. The zero-order valence-corrected chi connectivity index (χ0v) is 30.7. The van der Waals surface area contributed by atoms with Crippen LogP contribution >= 0.6 is 11.3 Å². The molecule has 0 aliphatic rings. The van der Waals surface area contributed by atoms with Crippen molar-refractivity contribution in [2.24, 2.45) is 0 Å². The molecule has 11 aromatic rings. The van der Waals surface area contributed by atoms with Crippen LogP contribution < -0.4 is 0 Å². The van der Waals surface area contributed by atoms with Crippen molar-refractivity contribution in [2.75, 3.05) is 0 Å². The highest BCUT2D eigenvalue weighted by atomic mass is 32.1. The van der Waals surface area contributed by atoms with E-state index in [0.29, 0.717) is 23.4 Å². The predicted octanol–water partition coefficient (Wildman–Crippen LogP) is 13.5. The fraction of sp³-hybridized carbons (Fsp3) is 0. The molecule has 6 heteroatoms. The standard InChI is InChI=1S/C50H30N4OS/c1-3-11-31(12-4-1)36-16-9-17-37(29-36)48-52-47(53-49(54-48)38-26-28-44-41(30-38)40-18-7-8-20-43(40)56-44)34-23-21-32(22-24-34)39-19-10-15-33-25-27-42-46(45(33)39)55-50(51-42)35-13-5-2-6-14-35/h1-30H. The summed E-state index contributed by atoms with van der Waals surface area (Å²) in [6.07, 6.45) is 0. The Labute approximate surface area is 326 Å². The molecule has 8 aromatic carbocycles. The molecule has 56 heavy (non-hydrogen) atoms. The number of thiophene rings is 1. The van der Waals surface area contributed by atoms with Gasteiger partial charge in [0.15, 0.2) is 23.1 Å². The van der Waals surface area contributed by atoms with E-state index in [1.165, 1.54) is 20.2 Å². The molecule has 3 heterocycles. The van der Waals surface area contributed by atoms with Crippen molar-refractivity contribution in [3.8, 4) is 67.9 Å². The van der Waals surface area contributed by atoms with Gasteiger partial charge in [0, 0.05) is 47.8 Å². The highest BCUT2D eigenvalue weighted by Crippen LogP contribution is 2.39. The average molecular weight is 735 g/mol. The molecular formula is C50H30N4OS. The maximum Gasteiger partial charge on any atom is 0.227 e. The smallest absolute Gasteiger partial charge is 0.227 e. The van der Waals surface area contributed by atoms with Crippen LogP contribution in [0.25, 0.3) is 110 Å². The molecule has 3 aromatic heterocycles. The average Bonchev–Trinajstić information content (AvgIpc) is 3.89. The second-order valence-electron chi connectivity index (χ2n) is 13.8. The van der Waals surface area contributed by atoms with Crippen molar-refractivity contribution in [1.29, 1.82) is 0 Å². The molecule has 0 unspecified atom stereocenters. The van der Waals surface area contributed by atoms with E-state index < -0.39 is 0 Å². The molecule has 262 valence electrons. The largest absolute Gasteiger partial charge is 0.435 e. The van der Waals surface area contributed by atoms with Crippen molar-refractivity contribution < 1.29 is 4.42 Å². The van der Waals surface area contributed by atoms with E-state index in [0.717, 1.165) is 66.4 Å². The number of nitrogens with zero attached hydrogens (tertiary/aromatic N) is 4. The Morgan fingerprint density at radius 2 is 0.982 bits per heavy atom. The van der Waals surface area contributed by atoms with Crippen molar-refractivity contribution in [2.45, 2.75) is 0 Å².